The summed E-state index contributed by atoms with van der Waals surface area (Å²) >= 11 is 0. The number of hydrogen-bond acceptors (Lipinski definition) is 2. The molecule has 0 atom stereocenters. The number of rotatable bonds is 3. The predicted octanol–water partition coefficient (Wildman–Crippen LogP) is 5.86. The van der Waals surface area contributed by atoms with Crippen molar-refractivity contribution in [3.8, 4) is 11.3 Å². The van der Waals surface area contributed by atoms with E-state index in [1.54, 1.807) is 0 Å². The molecule has 4 heteroatoms. The number of nitrogens with zero attached hydrogens (tertiary/aromatic N) is 2. The van der Waals surface area contributed by atoms with Crippen molar-refractivity contribution in [2.24, 2.45) is 0 Å². The Kier molecular flexibility index (Phi) is 4.71. The van der Waals surface area contributed by atoms with Crippen LogP contribution in [0.3, 0.4) is 0 Å². The molecule has 4 aromatic rings. The lowest BCUT2D eigenvalue weighted by molar-refractivity contribution is 0.102. The van der Waals surface area contributed by atoms with Crippen LogP contribution in [-0.4, -0.2) is 15.3 Å². The van der Waals surface area contributed by atoms with E-state index in [0.29, 0.717) is 5.56 Å². The molecule has 1 N–H and O–H groups in total. The van der Waals surface area contributed by atoms with E-state index in [4.69, 9.17) is 4.98 Å². The first-order valence-corrected chi connectivity index (χ1v) is 9.78. The minimum Gasteiger partial charge on any atom is -0.322 e. The molecule has 2 heterocycles. The summed E-state index contributed by atoms with van der Waals surface area (Å²) in [4.78, 5) is 17.3. The number of pyridine rings is 1. The molecule has 29 heavy (non-hydrogen) atoms. The molecule has 146 valence electrons. The number of amides is 1. The summed E-state index contributed by atoms with van der Waals surface area (Å²) < 4.78 is 2.03. The van der Waals surface area contributed by atoms with Crippen LogP contribution >= 0.6 is 0 Å². The number of hydrogen-bond donors (Lipinski definition) is 1. The highest BCUT2D eigenvalue weighted by atomic mass is 16.1. The zero-order valence-electron chi connectivity index (χ0n) is 17.2. The van der Waals surface area contributed by atoms with Crippen molar-refractivity contribution in [1.82, 2.24) is 9.38 Å². The average molecular weight is 383 g/mol. The van der Waals surface area contributed by atoms with E-state index >= 15 is 0 Å². The highest BCUT2D eigenvalue weighted by Gasteiger charge is 2.14. The van der Waals surface area contributed by atoms with E-state index in [0.717, 1.165) is 28.2 Å². The summed E-state index contributed by atoms with van der Waals surface area (Å²) in [7, 11) is 0. The molecule has 0 unspecified atom stereocenters. The number of carbonyl (C=O) groups excluding carboxylic acids is 1. The molecule has 0 spiro atoms. The number of aryl methyl sites for hydroxylation is 1. The third-order valence-electron chi connectivity index (χ3n) is 5.13. The van der Waals surface area contributed by atoms with Gasteiger partial charge in [-0.15, -0.1) is 0 Å². The van der Waals surface area contributed by atoms with E-state index in [1.807, 2.05) is 71.4 Å². The molecule has 0 aliphatic rings. The molecule has 0 radical (unpaired) electrons. The van der Waals surface area contributed by atoms with Gasteiger partial charge < -0.3 is 9.72 Å². The van der Waals surface area contributed by atoms with Gasteiger partial charge in [-0.1, -0.05) is 51.1 Å². The highest BCUT2D eigenvalue weighted by Crippen LogP contribution is 2.24. The van der Waals surface area contributed by atoms with Crippen LogP contribution in [0.25, 0.3) is 16.9 Å². The van der Waals surface area contributed by atoms with E-state index < -0.39 is 0 Å². The van der Waals surface area contributed by atoms with Gasteiger partial charge >= 0.3 is 0 Å². The van der Waals surface area contributed by atoms with E-state index in [-0.39, 0.29) is 11.3 Å². The fraction of sp³-hybridized carbons (Fsp3) is 0.200. The number of imidazole rings is 1. The zero-order chi connectivity index (χ0) is 20.6. The number of aromatic nitrogens is 2. The normalized spacial score (nSPS) is 11.6. The molecule has 2 aromatic heterocycles. The van der Waals surface area contributed by atoms with E-state index in [2.05, 4.69) is 39.1 Å². The van der Waals surface area contributed by atoms with Crippen LogP contribution in [0.5, 0.6) is 0 Å². The van der Waals surface area contributed by atoms with Gasteiger partial charge in [-0.2, -0.15) is 0 Å². The fourth-order valence-corrected chi connectivity index (χ4v) is 3.34. The summed E-state index contributed by atoms with van der Waals surface area (Å²) in [5, 5.41) is 2.97. The maximum Gasteiger partial charge on any atom is 0.255 e. The van der Waals surface area contributed by atoms with Gasteiger partial charge in [0.2, 0.25) is 0 Å². The van der Waals surface area contributed by atoms with Crippen molar-refractivity contribution >= 4 is 17.2 Å². The summed E-state index contributed by atoms with van der Waals surface area (Å²) in [6.07, 6.45) is 4.02. The SMILES string of the molecule is Cc1cccn2cc(-c3ccc(NC(=O)c4ccc(C(C)(C)C)cc4)cc3)nc12. The van der Waals surface area contributed by atoms with Crippen molar-refractivity contribution in [2.45, 2.75) is 33.1 Å². The lowest BCUT2D eigenvalue weighted by Crippen LogP contribution is -2.14. The van der Waals surface area contributed by atoms with Crippen LogP contribution in [-0.2, 0) is 5.41 Å². The van der Waals surface area contributed by atoms with Crippen LogP contribution in [0.2, 0.25) is 0 Å². The summed E-state index contributed by atoms with van der Waals surface area (Å²) in [5.74, 6) is -0.110. The summed E-state index contributed by atoms with van der Waals surface area (Å²) in [5.41, 5.74) is 6.72. The number of fused-ring (bicyclic) bond motifs is 1. The molecule has 0 fully saturated rings. The minimum atomic E-state index is -0.110. The summed E-state index contributed by atoms with van der Waals surface area (Å²) in [6.45, 7) is 8.54. The molecule has 4 nitrogen and oxygen atoms in total. The Morgan fingerprint density at radius 2 is 1.66 bits per heavy atom. The molecule has 0 bridgehead atoms. The highest BCUT2D eigenvalue weighted by molar-refractivity contribution is 6.04. The molecule has 0 aliphatic carbocycles. The Bertz CT molecular complexity index is 1160. The minimum absolute atomic E-state index is 0.0707. The van der Waals surface area contributed by atoms with Crippen LogP contribution in [0.15, 0.2) is 73.1 Å². The van der Waals surface area contributed by atoms with Crippen molar-refractivity contribution in [3.05, 3.63) is 89.7 Å². The molecule has 0 aliphatic heterocycles. The Balaban J connectivity index is 1.50. The topological polar surface area (TPSA) is 46.4 Å². The quantitative estimate of drug-likeness (QED) is 0.482. The standard InChI is InChI=1S/C25H25N3O/c1-17-6-5-15-28-16-22(27-23(17)28)18-9-13-21(14-10-18)26-24(29)19-7-11-20(12-8-19)25(2,3)4/h5-16H,1-4H3,(H,26,29). The first-order valence-electron chi connectivity index (χ1n) is 9.78. The zero-order valence-corrected chi connectivity index (χ0v) is 17.2. The van der Waals surface area contributed by atoms with Crippen molar-refractivity contribution in [3.63, 3.8) is 0 Å². The molecule has 4 rings (SSSR count). The maximum atomic E-state index is 12.6. The Morgan fingerprint density at radius 3 is 2.28 bits per heavy atom. The largest absolute Gasteiger partial charge is 0.322 e. The van der Waals surface area contributed by atoms with Crippen molar-refractivity contribution in [1.29, 1.82) is 0 Å². The Labute approximate surface area is 171 Å². The number of benzene rings is 2. The third-order valence-corrected chi connectivity index (χ3v) is 5.13. The van der Waals surface area contributed by atoms with Crippen LogP contribution in [0.4, 0.5) is 5.69 Å². The molecular weight excluding hydrogens is 358 g/mol. The average Bonchev–Trinajstić information content (AvgIpc) is 3.14. The molecule has 0 saturated carbocycles. The second-order valence-electron chi connectivity index (χ2n) is 8.41. The van der Waals surface area contributed by atoms with Crippen molar-refractivity contribution < 1.29 is 4.79 Å². The van der Waals surface area contributed by atoms with Crippen LogP contribution in [0, 0.1) is 6.92 Å². The van der Waals surface area contributed by atoms with Crippen LogP contribution in [0.1, 0.15) is 42.3 Å². The van der Waals surface area contributed by atoms with Crippen molar-refractivity contribution in [2.75, 3.05) is 5.32 Å². The molecule has 1 amide bonds. The lowest BCUT2D eigenvalue weighted by atomic mass is 9.87. The molecule has 2 aromatic carbocycles. The van der Waals surface area contributed by atoms with E-state index in [1.165, 1.54) is 5.56 Å². The first kappa shape index (κ1) is 18.9. The van der Waals surface area contributed by atoms with Gasteiger partial charge in [0.25, 0.3) is 5.91 Å². The van der Waals surface area contributed by atoms with Gasteiger partial charge in [0.05, 0.1) is 5.69 Å². The Morgan fingerprint density at radius 1 is 0.966 bits per heavy atom. The van der Waals surface area contributed by atoms with Crippen LogP contribution < -0.4 is 5.32 Å². The molecule has 0 saturated heterocycles. The number of nitrogens with one attached hydrogen (secondary N) is 1. The first-order chi connectivity index (χ1) is 13.8. The van der Waals surface area contributed by atoms with E-state index in [9.17, 15) is 4.79 Å². The lowest BCUT2D eigenvalue weighted by Gasteiger charge is -2.19. The predicted molar refractivity (Wildman–Crippen MR) is 118 cm³/mol. The van der Waals surface area contributed by atoms with Gasteiger partial charge in [0.15, 0.2) is 0 Å². The molecular formula is C25H25N3O. The second-order valence-corrected chi connectivity index (χ2v) is 8.41. The maximum absolute atomic E-state index is 12.6. The number of anilines is 1. The van der Waals surface area contributed by atoms with Gasteiger partial charge in [-0.3, -0.25) is 4.79 Å². The second kappa shape index (κ2) is 7.21. The third kappa shape index (κ3) is 3.92. The Hall–Kier alpha value is -3.40. The van der Waals surface area contributed by atoms with Gasteiger partial charge in [0, 0.05) is 29.2 Å². The fourth-order valence-electron chi connectivity index (χ4n) is 3.34. The smallest absolute Gasteiger partial charge is 0.255 e. The number of carbonyl (C=O) groups is 1. The van der Waals surface area contributed by atoms with Gasteiger partial charge in [-0.05, 0) is 53.8 Å². The van der Waals surface area contributed by atoms with Gasteiger partial charge in [-0.25, -0.2) is 4.98 Å². The van der Waals surface area contributed by atoms with Gasteiger partial charge in [0.1, 0.15) is 5.65 Å². The summed E-state index contributed by atoms with van der Waals surface area (Å²) in [6, 6.07) is 19.6. The monoisotopic (exact) mass is 383 g/mol.